The van der Waals surface area contributed by atoms with Crippen molar-refractivity contribution in [2.24, 2.45) is 0 Å². The van der Waals surface area contributed by atoms with Crippen LogP contribution in [0.4, 0.5) is 4.39 Å². The minimum atomic E-state index is -0.841. The largest absolute Gasteiger partial charge is 0.480 e. The van der Waals surface area contributed by atoms with Gasteiger partial charge >= 0.3 is 5.97 Å². The van der Waals surface area contributed by atoms with E-state index in [1.54, 1.807) is 12.1 Å². The molecule has 1 heterocycles. The molecule has 0 saturated heterocycles. The molecule has 1 aromatic carbocycles. The number of hydrogen-bond acceptors (Lipinski definition) is 4. The van der Waals surface area contributed by atoms with Gasteiger partial charge in [-0.25, -0.2) is 4.39 Å². The third kappa shape index (κ3) is 3.85. The van der Waals surface area contributed by atoms with Crippen LogP contribution in [-0.4, -0.2) is 52.0 Å². The molecule has 1 amide bonds. The lowest BCUT2D eigenvalue weighted by atomic mass is 9.85. The first-order valence-corrected chi connectivity index (χ1v) is 9.81. The first kappa shape index (κ1) is 18.8. The lowest BCUT2D eigenvalue weighted by molar-refractivity contribution is -0.139. The fourth-order valence-electron chi connectivity index (χ4n) is 3.93. The Kier molecular flexibility index (Phi) is 5.02. The summed E-state index contributed by atoms with van der Waals surface area (Å²) in [4.78, 5) is 30.4. The van der Waals surface area contributed by atoms with Crippen LogP contribution in [0, 0.1) is 5.82 Å². The molecule has 4 rings (SSSR count). The molecule has 2 aliphatic carbocycles. The van der Waals surface area contributed by atoms with Crippen molar-refractivity contribution in [3.63, 3.8) is 0 Å². The lowest BCUT2D eigenvalue weighted by Gasteiger charge is -2.42. The predicted octanol–water partition coefficient (Wildman–Crippen LogP) is 2.92. The Bertz CT molecular complexity index is 922. The number of rotatable bonds is 7. The summed E-state index contributed by atoms with van der Waals surface area (Å²) in [5, 5.41) is 12.6. The number of fused-ring (bicyclic) bond motifs is 1. The minimum Gasteiger partial charge on any atom is -0.480 e. The van der Waals surface area contributed by atoms with Crippen LogP contribution < -0.4 is 5.32 Å². The maximum absolute atomic E-state index is 13.8. The number of carboxylic acid groups (broad SMARTS) is 1. The fourth-order valence-corrected chi connectivity index (χ4v) is 3.93. The van der Waals surface area contributed by atoms with Crippen molar-refractivity contribution in [3.05, 3.63) is 41.3 Å². The van der Waals surface area contributed by atoms with Crippen molar-refractivity contribution in [3.8, 4) is 0 Å². The van der Waals surface area contributed by atoms with Gasteiger partial charge < -0.3 is 10.4 Å². The Morgan fingerprint density at radius 1 is 1.29 bits per heavy atom. The molecule has 0 atom stereocenters. The van der Waals surface area contributed by atoms with Crippen LogP contribution in [0.15, 0.2) is 24.3 Å². The smallest absolute Gasteiger partial charge is 0.317 e. The second kappa shape index (κ2) is 7.47. The highest BCUT2D eigenvalue weighted by Gasteiger charge is 2.35. The zero-order valence-electron chi connectivity index (χ0n) is 15.8. The highest BCUT2D eigenvalue weighted by Crippen LogP contribution is 2.40. The van der Waals surface area contributed by atoms with E-state index in [0.29, 0.717) is 28.9 Å². The number of aliphatic carboxylic acids is 1. The van der Waals surface area contributed by atoms with E-state index < -0.39 is 11.8 Å². The van der Waals surface area contributed by atoms with E-state index in [9.17, 15) is 14.0 Å². The third-order valence-corrected chi connectivity index (χ3v) is 5.74. The number of pyridine rings is 1. The maximum atomic E-state index is 13.8. The number of hydrogen-bond donors (Lipinski definition) is 2. The van der Waals surface area contributed by atoms with E-state index >= 15 is 0 Å². The number of benzene rings is 1. The quantitative estimate of drug-likeness (QED) is 0.766. The van der Waals surface area contributed by atoms with Gasteiger partial charge in [-0.15, -0.1) is 0 Å². The number of likely N-dealkylation sites (N-methyl/N-ethyl adjacent to an activating group) is 1. The summed E-state index contributed by atoms with van der Waals surface area (Å²) in [6.45, 7) is 2.61. The number of aromatic nitrogens is 1. The van der Waals surface area contributed by atoms with E-state index in [-0.39, 0.29) is 24.5 Å². The summed E-state index contributed by atoms with van der Waals surface area (Å²) in [5.74, 6) is -1.06. The molecule has 0 unspecified atom stereocenters. The van der Waals surface area contributed by atoms with Gasteiger partial charge in [-0.3, -0.25) is 19.5 Å². The maximum Gasteiger partial charge on any atom is 0.317 e. The molecule has 2 saturated carbocycles. The number of nitrogens with zero attached hydrogens (tertiary/aromatic N) is 2. The number of carbonyl (C=O) groups excluding carboxylic acids is 1. The normalized spacial score (nSPS) is 21.5. The van der Waals surface area contributed by atoms with Crippen LogP contribution in [0.1, 0.15) is 54.6 Å². The predicted molar refractivity (Wildman–Crippen MR) is 103 cm³/mol. The first-order valence-electron chi connectivity index (χ1n) is 9.81. The topological polar surface area (TPSA) is 82.5 Å². The van der Waals surface area contributed by atoms with Crippen molar-refractivity contribution in [1.29, 1.82) is 0 Å². The molecule has 0 radical (unpaired) electrons. The molecular weight excluding hydrogens is 361 g/mol. The zero-order valence-corrected chi connectivity index (χ0v) is 15.8. The Balaban J connectivity index is 1.49. The standard InChI is InChI=1S/C21H24FN3O3/c1-2-25(11-20(26)27)15-8-14(9-15)23-21(28)17-10-19(12-3-4-12)24-18-6-5-13(22)7-16(17)18/h5-7,10,12,14-15H,2-4,8-9,11H2,1H3,(H,23,28)(H,26,27). The molecule has 2 N–H and O–H groups in total. The average molecular weight is 385 g/mol. The molecule has 1 aromatic heterocycles. The molecule has 6 nitrogen and oxygen atoms in total. The van der Waals surface area contributed by atoms with Gasteiger partial charge in [0.25, 0.3) is 5.91 Å². The van der Waals surface area contributed by atoms with Gasteiger partial charge in [0, 0.05) is 29.1 Å². The van der Waals surface area contributed by atoms with E-state index in [1.165, 1.54) is 12.1 Å². The van der Waals surface area contributed by atoms with Crippen LogP contribution in [0.5, 0.6) is 0 Å². The van der Waals surface area contributed by atoms with E-state index in [0.717, 1.165) is 31.4 Å². The molecular formula is C21H24FN3O3. The molecule has 0 bridgehead atoms. The Morgan fingerprint density at radius 2 is 2.04 bits per heavy atom. The Labute approximate surface area is 162 Å². The van der Waals surface area contributed by atoms with Gasteiger partial charge in [0.2, 0.25) is 0 Å². The zero-order chi connectivity index (χ0) is 19.8. The number of halogens is 1. The highest BCUT2D eigenvalue weighted by atomic mass is 19.1. The first-order chi connectivity index (χ1) is 13.4. The van der Waals surface area contributed by atoms with Gasteiger partial charge in [0.15, 0.2) is 0 Å². The summed E-state index contributed by atoms with van der Waals surface area (Å²) in [5.41, 5.74) is 2.00. The van der Waals surface area contributed by atoms with Crippen LogP contribution in [0.2, 0.25) is 0 Å². The van der Waals surface area contributed by atoms with E-state index in [4.69, 9.17) is 5.11 Å². The van der Waals surface area contributed by atoms with E-state index in [1.807, 2.05) is 11.8 Å². The Morgan fingerprint density at radius 3 is 2.68 bits per heavy atom. The van der Waals surface area contributed by atoms with Gasteiger partial charge in [-0.1, -0.05) is 6.92 Å². The monoisotopic (exact) mass is 385 g/mol. The summed E-state index contributed by atoms with van der Waals surface area (Å²) in [6, 6.07) is 6.32. The number of carboxylic acids is 1. The third-order valence-electron chi connectivity index (χ3n) is 5.74. The van der Waals surface area contributed by atoms with Gasteiger partial charge in [-0.2, -0.15) is 0 Å². The van der Waals surface area contributed by atoms with Gasteiger partial charge in [0.1, 0.15) is 5.82 Å². The number of amides is 1. The summed E-state index contributed by atoms with van der Waals surface area (Å²) in [6.07, 6.45) is 3.59. The van der Waals surface area contributed by atoms with Crippen molar-refractivity contribution in [1.82, 2.24) is 15.2 Å². The van der Waals surface area contributed by atoms with Crippen LogP contribution in [0.3, 0.4) is 0 Å². The summed E-state index contributed by atoms with van der Waals surface area (Å²) < 4.78 is 13.8. The van der Waals surface area contributed by atoms with Crippen molar-refractivity contribution in [2.45, 2.75) is 50.6 Å². The molecule has 2 aromatic rings. The number of carbonyl (C=O) groups is 2. The van der Waals surface area contributed by atoms with Gasteiger partial charge in [-0.05, 0) is 56.5 Å². The minimum absolute atomic E-state index is 0.00138. The second-order valence-electron chi connectivity index (χ2n) is 7.78. The molecule has 2 aliphatic rings. The Hall–Kier alpha value is -2.54. The second-order valence-corrected chi connectivity index (χ2v) is 7.78. The average Bonchev–Trinajstić information content (AvgIpc) is 3.46. The molecule has 7 heteroatoms. The molecule has 2 fully saturated rings. The molecule has 0 aliphatic heterocycles. The highest BCUT2D eigenvalue weighted by molar-refractivity contribution is 6.06. The van der Waals surface area contributed by atoms with Crippen LogP contribution in [-0.2, 0) is 4.79 Å². The molecule has 28 heavy (non-hydrogen) atoms. The SMILES string of the molecule is CCN(CC(=O)O)C1CC(NC(=O)c2cc(C3CC3)nc3ccc(F)cc23)C1. The van der Waals surface area contributed by atoms with Gasteiger partial charge in [0.05, 0.1) is 17.6 Å². The lowest BCUT2D eigenvalue weighted by Crippen LogP contribution is -2.54. The van der Waals surface area contributed by atoms with Crippen molar-refractivity contribution in [2.75, 3.05) is 13.1 Å². The fraction of sp³-hybridized carbons (Fsp3) is 0.476. The number of nitrogens with one attached hydrogen (secondary N) is 1. The molecule has 0 spiro atoms. The molecule has 148 valence electrons. The van der Waals surface area contributed by atoms with Crippen molar-refractivity contribution >= 4 is 22.8 Å². The summed E-state index contributed by atoms with van der Waals surface area (Å²) in [7, 11) is 0. The van der Waals surface area contributed by atoms with Crippen LogP contribution in [0.25, 0.3) is 10.9 Å². The van der Waals surface area contributed by atoms with Crippen molar-refractivity contribution < 1.29 is 19.1 Å². The summed E-state index contributed by atoms with van der Waals surface area (Å²) >= 11 is 0. The van der Waals surface area contributed by atoms with Crippen LogP contribution >= 0.6 is 0 Å². The van der Waals surface area contributed by atoms with E-state index in [2.05, 4.69) is 10.3 Å².